The molecule has 2 aromatic rings. The smallest absolute Gasteiger partial charge is 0.315 e. The molecular weight excluding hydrogens is 427 g/mol. The minimum Gasteiger partial charge on any atom is -0.495 e. The Morgan fingerprint density at radius 2 is 1.21 bits per heavy atom. The van der Waals surface area contributed by atoms with E-state index < -0.39 is 22.6 Å². The normalized spacial score (nSPS) is 10.6. The fourth-order valence-electron chi connectivity index (χ4n) is 2.91. The van der Waals surface area contributed by atoms with Gasteiger partial charge in [0.05, 0.1) is 43.3 Å². The Morgan fingerprint density at radius 3 is 1.58 bits per heavy atom. The molecule has 0 aliphatic heterocycles. The first-order valence-electron chi connectivity index (χ1n) is 9.86. The highest BCUT2D eigenvalue weighted by molar-refractivity contribution is 5.82. The van der Waals surface area contributed by atoms with Crippen molar-refractivity contribution in [1.29, 1.82) is 10.5 Å². The van der Waals surface area contributed by atoms with Crippen LogP contribution in [0.5, 0.6) is 5.75 Å². The molecule has 0 aliphatic rings. The van der Waals surface area contributed by atoms with Gasteiger partial charge in [-0.15, -0.1) is 0 Å². The second kappa shape index (κ2) is 11.1. The quantitative estimate of drug-likeness (QED) is 0.624. The number of nitriles is 2. The SMILES string of the molecule is COC(=O)C(C)(C)c1ccc(C#N)c(F)c1.COC(=O)C(C)(C)c1ccc(C#N)c(OC)c1. The van der Waals surface area contributed by atoms with E-state index in [9.17, 15) is 14.0 Å². The lowest BCUT2D eigenvalue weighted by atomic mass is 9.84. The molecule has 0 N–H and O–H groups in total. The van der Waals surface area contributed by atoms with Gasteiger partial charge in [-0.05, 0) is 63.1 Å². The number of carbonyl (C=O) groups is 2. The molecular formula is C25H27FN2O5. The summed E-state index contributed by atoms with van der Waals surface area (Å²) < 4.78 is 27.9. The van der Waals surface area contributed by atoms with Crippen LogP contribution >= 0.6 is 0 Å². The van der Waals surface area contributed by atoms with Crippen molar-refractivity contribution in [3.05, 3.63) is 64.5 Å². The molecule has 2 rings (SSSR count). The van der Waals surface area contributed by atoms with Gasteiger partial charge in [0.15, 0.2) is 0 Å². The first-order valence-corrected chi connectivity index (χ1v) is 9.86. The van der Waals surface area contributed by atoms with Crippen LogP contribution < -0.4 is 4.74 Å². The third-order valence-corrected chi connectivity index (χ3v) is 5.25. The molecule has 33 heavy (non-hydrogen) atoms. The Bertz CT molecular complexity index is 1110. The Balaban J connectivity index is 0.000000331. The van der Waals surface area contributed by atoms with Crippen molar-refractivity contribution in [3.63, 3.8) is 0 Å². The monoisotopic (exact) mass is 454 g/mol. The lowest BCUT2D eigenvalue weighted by molar-refractivity contribution is -0.147. The van der Waals surface area contributed by atoms with Gasteiger partial charge in [-0.3, -0.25) is 9.59 Å². The summed E-state index contributed by atoms with van der Waals surface area (Å²) in [6.07, 6.45) is 0. The van der Waals surface area contributed by atoms with E-state index in [1.54, 1.807) is 58.0 Å². The standard InChI is InChI=1S/C13H15NO3.C12H12FNO2/c1-13(2,12(15)17-4)10-6-5-9(8-14)11(7-10)16-3;1-12(2,11(15)16-3)9-5-4-8(7-14)10(13)6-9/h5-7H,1-4H3;4-6H,1-3H3. The summed E-state index contributed by atoms with van der Waals surface area (Å²) in [5.41, 5.74) is -0.0584. The number of halogens is 1. The van der Waals surface area contributed by atoms with E-state index in [4.69, 9.17) is 20.0 Å². The van der Waals surface area contributed by atoms with Crippen LogP contribution in [0.15, 0.2) is 36.4 Å². The summed E-state index contributed by atoms with van der Waals surface area (Å²) in [6.45, 7) is 6.80. The van der Waals surface area contributed by atoms with Crippen molar-refractivity contribution in [3.8, 4) is 17.9 Å². The minimum absolute atomic E-state index is 0.0376. The molecule has 0 saturated heterocycles. The molecule has 0 spiro atoms. The Hall–Kier alpha value is -3.91. The van der Waals surface area contributed by atoms with Gasteiger partial charge in [0.2, 0.25) is 0 Å². The van der Waals surface area contributed by atoms with Crippen LogP contribution in [-0.4, -0.2) is 33.3 Å². The lowest BCUT2D eigenvalue weighted by Crippen LogP contribution is -2.30. The van der Waals surface area contributed by atoms with E-state index in [1.807, 2.05) is 6.07 Å². The summed E-state index contributed by atoms with van der Waals surface area (Å²) in [5, 5.41) is 17.5. The Kier molecular flexibility index (Phi) is 9.13. The number of hydrogen-bond acceptors (Lipinski definition) is 7. The largest absolute Gasteiger partial charge is 0.495 e. The second-order valence-electron chi connectivity index (χ2n) is 8.07. The van der Waals surface area contributed by atoms with Crippen molar-refractivity contribution in [2.45, 2.75) is 38.5 Å². The zero-order chi connectivity index (χ0) is 25.4. The van der Waals surface area contributed by atoms with Crippen molar-refractivity contribution in [1.82, 2.24) is 0 Å². The molecule has 0 amide bonds. The maximum atomic E-state index is 13.4. The number of ether oxygens (including phenoxy) is 3. The van der Waals surface area contributed by atoms with Crippen LogP contribution in [0.25, 0.3) is 0 Å². The summed E-state index contributed by atoms with van der Waals surface area (Å²) in [6, 6.07) is 12.9. The lowest BCUT2D eigenvalue weighted by Gasteiger charge is -2.22. The highest BCUT2D eigenvalue weighted by Gasteiger charge is 2.32. The average molecular weight is 454 g/mol. The first kappa shape index (κ1) is 27.1. The van der Waals surface area contributed by atoms with Crippen LogP contribution in [0.4, 0.5) is 4.39 Å². The Morgan fingerprint density at radius 1 is 0.788 bits per heavy atom. The van der Waals surface area contributed by atoms with Gasteiger partial charge in [0.1, 0.15) is 23.7 Å². The maximum absolute atomic E-state index is 13.4. The number of rotatable bonds is 5. The molecule has 0 aromatic heterocycles. The fourth-order valence-corrected chi connectivity index (χ4v) is 2.91. The third-order valence-electron chi connectivity index (χ3n) is 5.25. The second-order valence-corrected chi connectivity index (χ2v) is 8.07. The summed E-state index contributed by atoms with van der Waals surface area (Å²) in [4.78, 5) is 23.2. The van der Waals surface area contributed by atoms with E-state index in [1.165, 1.54) is 33.5 Å². The zero-order valence-corrected chi connectivity index (χ0v) is 19.8. The summed E-state index contributed by atoms with van der Waals surface area (Å²) >= 11 is 0. The molecule has 0 unspecified atom stereocenters. The van der Waals surface area contributed by atoms with Gasteiger partial charge in [0.25, 0.3) is 0 Å². The topological polar surface area (TPSA) is 109 Å². The van der Waals surface area contributed by atoms with Gasteiger partial charge in [-0.2, -0.15) is 10.5 Å². The molecule has 0 saturated carbocycles. The van der Waals surface area contributed by atoms with Gasteiger partial charge in [-0.1, -0.05) is 12.1 Å². The fraction of sp³-hybridized carbons (Fsp3) is 0.360. The highest BCUT2D eigenvalue weighted by Crippen LogP contribution is 2.29. The van der Waals surface area contributed by atoms with Crippen LogP contribution in [0.2, 0.25) is 0 Å². The third kappa shape index (κ3) is 6.08. The molecule has 0 atom stereocenters. The zero-order valence-electron chi connectivity index (χ0n) is 19.8. The number of methoxy groups -OCH3 is 3. The molecule has 7 nitrogen and oxygen atoms in total. The highest BCUT2D eigenvalue weighted by atomic mass is 19.1. The molecule has 0 radical (unpaired) electrons. The number of nitrogens with zero attached hydrogens (tertiary/aromatic N) is 2. The van der Waals surface area contributed by atoms with E-state index in [0.29, 0.717) is 16.9 Å². The van der Waals surface area contributed by atoms with Crippen LogP contribution in [0, 0.1) is 28.5 Å². The van der Waals surface area contributed by atoms with Crippen molar-refractivity contribution in [2.75, 3.05) is 21.3 Å². The molecule has 0 aliphatic carbocycles. The van der Waals surface area contributed by atoms with E-state index in [-0.39, 0.29) is 11.5 Å². The average Bonchev–Trinajstić information content (AvgIpc) is 2.82. The van der Waals surface area contributed by atoms with Crippen molar-refractivity contribution in [2.24, 2.45) is 0 Å². The number of carbonyl (C=O) groups excluding carboxylic acids is 2. The number of hydrogen-bond donors (Lipinski definition) is 0. The van der Waals surface area contributed by atoms with Crippen molar-refractivity contribution < 1.29 is 28.2 Å². The molecule has 8 heteroatoms. The molecule has 2 aromatic carbocycles. The van der Waals surface area contributed by atoms with E-state index >= 15 is 0 Å². The van der Waals surface area contributed by atoms with Crippen LogP contribution in [0.3, 0.4) is 0 Å². The predicted octanol–water partition coefficient (Wildman–Crippen LogP) is 4.17. The van der Waals surface area contributed by atoms with Gasteiger partial charge in [0, 0.05) is 0 Å². The van der Waals surface area contributed by atoms with Crippen LogP contribution in [0.1, 0.15) is 49.9 Å². The van der Waals surface area contributed by atoms with Gasteiger partial charge in [-0.25, -0.2) is 4.39 Å². The first-order chi connectivity index (χ1) is 15.4. The van der Waals surface area contributed by atoms with Gasteiger partial charge < -0.3 is 14.2 Å². The Labute approximate surface area is 193 Å². The van der Waals surface area contributed by atoms with E-state index in [2.05, 4.69) is 4.74 Å². The maximum Gasteiger partial charge on any atom is 0.315 e. The molecule has 0 fully saturated rings. The summed E-state index contributed by atoms with van der Waals surface area (Å²) in [7, 11) is 4.13. The predicted molar refractivity (Wildman–Crippen MR) is 119 cm³/mol. The summed E-state index contributed by atoms with van der Waals surface area (Å²) in [5.74, 6) is -0.945. The molecule has 174 valence electrons. The molecule has 0 bridgehead atoms. The van der Waals surface area contributed by atoms with Gasteiger partial charge >= 0.3 is 11.9 Å². The van der Waals surface area contributed by atoms with E-state index in [0.717, 1.165) is 5.56 Å². The minimum atomic E-state index is -0.927. The number of esters is 2. The molecule has 0 heterocycles. The van der Waals surface area contributed by atoms with Crippen molar-refractivity contribution >= 4 is 11.9 Å². The van der Waals surface area contributed by atoms with Crippen LogP contribution in [-0.2, 0) is 29.9 Å². The number of benzene rings is 2.